The molecule has 1 aliphatic heterocycles. The van der Waals surface area contributed by atoms with E-state index in [1.807, 2.05) is 0 Å². The molecule has 1 aliphatic rings. The van der Waals surface area contributed by atoms with Crippen molar-refractivity contribution in [3.8, 4) is 0 Å². The Morgan fingerprint density at radius 1 is 1.48 bits per heavy atom. The Morgan fingerprint density at radius 2 is 2.19 bits per heavy atom. The zero-order chi connectivity index (χ0) is 15.6. The van der Waals surface area contributed by atoms with Gasteiger partial charge in [0.05, 0.1) is 0 Å². The molecule has 116 valence electrons. The van der Waals surface area contributed by atoms with Gasteiger partial charge in [0, 0.05) is 36.8 Å². The molecule has 1 heterocycles. The minimum atomic E-state index is -0.405. The number of halogens is 1. The average Bonchev–Trinajstić information content (AvgIpc) is 2.81. The molecular weight excluding hydrogens is 271 g/mol. The molecule has 2 rings (SSSR count). The van der Waals surface area contributed by atoms with Crippen molar-refractivity contribution >= 4 is 5.91 Å². The number of hydrazine groups is 1. The van der Waals surface area contributed by atoms with Gasteiger partial charge in [0.1, 0.15) is 5.82 Å². The first kappa shape index (κ1) is 15.9. The second kappa shape index (κ2) is 6.51. The lowest BCUT2D eigenvalue weighted by Gasteiger charge is -2.22. The van der Waals surface area contributed by atoms with Crippen LogP contribution in [0.25, 0.3) is 0 Å². The molecule has 1 saturated heterocycles. The molecule has 3 N–H and O–H groups in total. The standard InChI is InChI=1S/C15H23FN4O/c1-10-7-20(9-14(10)19(2)3)8-12-6-11(15(21)18-17)4-5-13(12)16/h4-6,10,14H,7-9,17H2,1-3H3,(H,18,21). The van der Waals surface area contributed by atoms with E-state index in [0.717, 1.165) is 13.1 Å². The Bertz CT molecular complexity index is 520. The summed E-state index contributed by atoms with van der Waals surface area (Å²) >= 11 is 0. The van der Waals surface area contributed by atoms with Crippen LogP contribution in [0.1, 0.15) is 22.8 Å². The summed E-state index contributed by atoms with van der Waals surface area (Å²) in [6, 6.07) is 4.81. The van der Waals surface area contributed by atoms with Gasteiger partial charge in [0.25, 0.3) is 5.91 Å². The van der Waals surface area contributed by atoms with Crippen molar-refractivity contribution < 1.29 is 9.18 Å². The van der Waals surface area contributed by atoms with Gasteiger partial charge in [-0.25, -0.2) is 10.2 Å². The maximum Gasteiger partial charge on any atom is 0.265 e. The first-order valence-electron chi connectivity index (χ1n) is 7.10. The average molecular weight is 294 g/mol. The lowest BCUT2D eigenvalue weighted by atomic mass is 10.1. The minimum Gasteiger partial charge on any atom is -0.305 e. The number of rotatable bonds is 4. The van der Waals surface area contributed by atoms with Crippen LogP contribution < -0.4 is 11.3 Å². The van der Waals surface area contributed by atoms with E-state index in [0.29, 0.717) is 29.6 Å². The highest BCUT2D eigenvalue weighted by molar-refractivity contribution is 5.93. The highest BCUT2D eigenvalue weighted by atomic mass is 19.1. The van der Waals surface area contributed by atoms with E-state index in [1.54, 1.807) is 6.07 Å². The molecular formula is C15H23FN4O. The summed E-state index contributed by atoms with van der Waals surface area (Å²) < 4.78 is 13.9. The Hall–Kier alpha value is -1.50. The number of amides is 1. The third-order valence-electron chi connectivity index (χ3n) is 4.14. The summed E-state index contributed by atoms with van der Waals surface area (Å²) in [6.07, 6.45) is 0. The van der Waals surface area contributed by atoms with E-state index < -0.39 is 5.91 Å². The van der Waals surface area contributed by atoms with E-state index in [4.69, 9.17) is 5.84 Å². The number of benzene rings is 1. The van der Waals surface area contributed by atoms with Gasteiger partial charge >= 0.3 is 0 Å². The fraction of sp³-hybridized carbons (Fsp3) is 0.533. The SMILES string of the molecule is CC1CN(Cc2cc(C(=O)NN)ccc2F)CC1N(C)C. The summed E-state index contributed by atoms with van der Waals surface area (Å²) in [5, 5.41) is 0. The number of carbonyl (C=O) groups excluding carboxylic acids is 1. The Kier molecular flexibility index (Phi) is 4.92. The molecule has 1 aromatic carbocycles. The summed E-state index contributed by atoms with van der Waals surface area (Å²) in [4.78, 5) is 16.0. The molecule has 0 aliphatic carbocycles. The number of nitrogens with one attached hydrogen (secondary N) is 1. The highest BCUT2D eigenvalue weighted by Gasteiger charge is 2.31. The van der Waals surface area contributed by atoms with Crippen LogP contribution in [-0.4, -0.2) is 48.9 Å². The molecule has 6 heteroatoms. The molecule has 1 fully saturated rings. The van der Waals surface area contributed by atoms with Gasteiger partial charge in [-0.05, 0) is 38.2 Å². The minimum absolute atomic E-state index is 0.287. The van der Waals surface area contributed by atoms with Gasteiger partial charge in [0.15, 0.2) is 0 Å². The third-order valence-corrected chi connectivity index (χ3v) is 4.14. The van der Waals surface area contributed by atoms with Gasteiger partial charge in [-0.2, -0.15) is 0 Å². The second-order valence-corrected chi connectivity index (χ2v) is 5.98. The zero-order valence-corrected chi connectivity index (χ0v) is 12.8. The number of hydrogen-bond acceptors (Lipinski definition) is 4. The molecule has 0 bridgehead atoms. The topological polar surface area (TPSA) is 61.6 Å². The van der Waals surface area contributed by atoms with Crippen molar-refractivity contribution in [1.82, 2.24) is 15.2 Å². The summed E-state index contributed by atoms with van der Waals surface area (Å²) in [6.45, 7) is 4.54. The van der Waals surface area contributed by atoms with Crippen molar-refractivity contribution in [3.63, 3.8) is 0 Å². The number of likely N-dealkylation sites (N-methyl/N-ethyl adjacent to an activating group) is 1. The highest BCUT2D eigenvalue weighted by Crippen LogP contribution is 2.23. The second-order valence-electron chi connectivity index (χ2n) is 5.98. The predicted octanol–water partition coefficient (Wildman–Crippen LogP) is 0.811. The Balaban J connectivity index is 2.11. The molecule has 0 spiro atoms. The summed E-state index contributed by atoms with van der Waals surface area (Å²) in [7, 11) is 4.13. The van der Waals surface area contributed by atoms with Crippen LogP contribution in [-0.2, 0) is 6.54 Å². The summed E-state index contributed by atoms with van der Waals surface area (Å²) in [5.41, 5.74) is 2.98. The fourth-order valence-corrected chi connectivity index (χ4v) is 3.01. The van der Waals surface area contributed by atoms with Gasteiger partial charge < -0.3 is 4.90 Å². The van der Waals surface area contributed by atoms with Crippen LogP contribution in [0.15, 0.2) is 18.2 Å². The molecule has 0 radical (unpaired) electrons. The molecule has 1 amide bonds. The molecule has 1 aromatic rings. The van der Waals surface area contributed by atoms with Crippen LogP contribution in [0.4, 0.5) is 4.39 Å². The van der Waals surface area contributed by atoms with E-state index in [-0.39, 0.29) is 5.82 Å². The van der Waals surface area contributed by atoms with Gasteiger partial charge in [-0.1, -0.05) is 6.92 Å². The summed E-state index contributed by atoms with van der Waals surface area (Å²) in [5.74, 6) is 4.96. The number of hydrogen-bond donors (Lipinski definition) is 2. The van der Waals surface area contributed by atoms with E-state index in [9.17, 15) is 9.18 Å². The van der Waals surface area contributed by atoms with E-state index in [1.165, 1.54) is 12.1 Å². The Labute approximate surface area is 124 Å². The number of nitrogen functional groups attached to an aromatic ring is 1. The van der Waals surface area contributed by atoms with Crippen molar-refractivity contribution in [2.45, 2.75) is 19.5 Å². The van der Waals surface area contributed by atoms with Crippen molar-refractivity contribution in [2.75, 3.05) is 27.2 Å². The molecule has 5 nitrogen and oxygen atoms in total. The van der Waals surface area contributed by atoms with Crippen LogP contribution in [0.3, 0.4) is 0 Å². The third kappa shape index (κ3) is 3.58. The molecule has 2 unspecified atom stereocenters. The van der Waals surface area contributed by atoms with Gasteiger partial charge in [0.2, 0.25) is 0 Å². The number of likely N-dealkylation sites (tertiary alicyclic amines) is 1. The van der Waals surface area contributed by atoms with Gasteiger partial charge in [-0.15, -0.1) is 0 Å². The first-order chi connectivity index (χ1) is 9.92. The molecule has 21 heavy (non-hydrogen) atoms. The normalized spacial score (nSPS) is 22.8. The maximum atomic E-state index is 13.9. The lowest BCUT2D eigenvalue weighted by molar-refractivity contribution is 0.0953. The number of nitrogens with two attached hydrogens (primary N) is 1. The number of nitrogens with zero attached hydrogens (tertiary/aromatic N) is 2. The Morgan fingerprint density at radius 3 is 2.76 bits per heavy atom. The van der Waals surface area contributed by atoms with E-state index in [2.05, 4.69) is 36.2 Å². The largest absolute Gasteiger partial charge is 0.305 e. The quantitative estimate of drug-likeness (QED) is 0.490. The molecule has 2 atom stereocenters. The van der Waals surface area contributed by atoms with Crippen LogP contribution in [0.2, 0.25) is 0 Å². The lowest BCUT2D eigenvalue weighted by Crippen LogP contribution is -2.34. The van der Waals surface area contributed by atoms with Crippen LogP contribution in [0, 0.1) is 11.7 Å². The van der Waals surface area contributed by atoms with Crippen molar-refractivity contribution in [1.29, 1.82) is 0 Å². The monoisotopic (exact) mass is 294 g/mol. The van der Waals surface area contributed by atoms with E-state index >= 15 is 0 Å². The maximum absolute atomic E-state index is 13.9. The fourth-order valence-electron chi connectivity index (χ4n) is 3.01. The van der Waals surface area contributed by atoms with Crippen molar-refractivity contribution in [3.05, 3.63) is 35.1 Å². The van der Waals surface area contributed by atoms with Crippen LogP contribution >= 0.6 is 0 Å². The molecule has 0 aromatic heterocycles. The smallest absolute Gasteiger partial charge is 0.265 e. The zero-order valence-electron chi connectivity index (χ0n) is 12.8. The first-order valence-corrected chi connectivity index (χ1v) is 7.10. The van der Waals surface area contributed by atoms with Crippen molar-refractivity contribution in [2.24, 2.45) is 11.8 Å². The van der Waals surface area contributed by atoms with Gasteiger partial charge in [-0.3, -0.25) is 15.1 Å². The molecule has 0 saturated carbocycles. The van der Waals surface area contributed by atoms with Crippen LogP contribution in [0.5, 0.6) is 0 Å². The predicted molar refractivity (Wildman–Crippen MR) is 80.0 cm³/mol. The number of carbonyl (C=O) groups is 1.